The van der Waals surface area contributed by atoms with Gasteiger partial charge >= 0.3 is 5.69 Å². The Morgan fingerprint density at radius 2 is 2.12 bits per heavy atom. The number of aryl methyl sites for hydroxylation is 1. The molecule has 24 heavy (non-hydrogen) atoms. The molecule has 8 nitrogen and oxygen atoms in total. The SMILES string of the molecule is O=c1[nH]c2nccc3c2n1-c1ccc2ncn(c2n1)CCCCO3. The van der Waals surface area contributed by atoms with E-state index in [9.17, 15) is 4.79 Å². The number of hydrogen-bond acceptors (Lipinski definition) is 5. The third kappa shape index (κ3) is 1.86. The van der Waals surface area contributed by atoms with E-state index in [1.54, 1.807) is 24.7 Å². The van der Waals surface area contributed by atoms with E-state index in [0.717, 1.165) is 30.6 Å². The zero-order valence-corrected chi connectivity index (χ0v) is 12.8. The second-order valence-electron chi connectivity index (χ2n) is 5.78. The van der Waals surface area contributed by atoms with Gasteiger partial charge in [0.05, 0.1) is 12.9 Å². The average molecular weight is 322 g/mol. The Balaban J connectivity index is 1.88. The molecule has 0 fully saturated rings. The van der Waals surface area contributed by atoms with Crippen LogP contribution in [0.2, 0.25) is 0 Å². The number of aromatic amines is 1. The normalized spacial score (nSPS) is 14.5. The summed E-state index contributed by atoms with van der Waals surface area (Å²) in [6.07, 6.45) is 5.29. The lowest BCUT2D eigenvalue weighted by Crippen LogP contribution is -2.17. The molecule has 8 heteroatoms. The van der Waals surface area contributed by atoms with Crippen molar-refractivity contribution in [2.75, 3.05) is 6.61 Å². The van der Waals surface area contributed by atoms with Gasteiger partial charge < -0.3 is 9.30 Å². The lowest BCUT2D eigenvalue weighted by atomic mass is 10.3. The highest BCUT2D eigenvalue weighted by molar-refractivity contribution is 5.81. The summed E-state index contributed by atoms with van der Waals surface area (Å²) in [6, 6.07) is 5.44. The molecule has 5 heterocycles. The van der Waals surface area contributed by atoms with E-state index in [1.807, 2.05) is 10.6 Å². The summed E-state index contributed by atoms with van der Waals surface area (Å²) in [5, 5.41) is 0. The monoisotopic (exact) mass is 322 g/mol. The Labute approximate surface area is 135 Å². The number of rotatable bonds is 0. The molecule has 0 spiro atoms. The molecule has 0 aliphatic carbocycles. The summed E-state index contributed by atoms with van der Waals surface area (Å²) in [7, 11) is 0. The number of fused-ring (bicyclic) bond motifs is 2. The van der Waals surface area contributed by atoms with Crippen LogP contribution in [0.4, 0.5) is 0 Å². The first-order valence-electron chi connectivity index (χ1n) is 7.86. The number of nitrogens with one attached hydrogen (secondary N) is 1. The van der Waals surface area contributed by atoms with Gasteiger partial charge in [-0.3, -0.25) is 4.98 Å². The Morgan fingerprint density at radius 3 is 3.08 bits per heavy atom. The lowest BCUT2D eigenvalue weighted by Gasteiger charge is -2.11. The molecule has 4 aromatic heterocycles. The van der Waals surface area contributed by atoms with Gasteiger partial charge in [0.25, 0.3) is 0 Å². The lowest BCUT2D eigenvalue weighted by molar-refractivity contribution is 0.305. The number of ether oxygens (including phenoxy) is 1. The number of pyridine rings is 2. The van der Waals surface area contributed by atoms with Gasteiger partial charge in [-0.15, -0.1) is 0 Å². The van der Waals surface area contributed by atoms with Crippen molar-refractivity contribution in [3.05, 3.63) is 41.2 Å². The van der Waals surface area contributed by atoms with Gasteiger partial charge in [-0.2, -0.15) is 0 Å². The second kappa shape index (κ2) is 4.92. The standard InChI is InChI=1S/C16H14N6O2/c23-16-20-14-13-11(5-6-17-14)24-8-2-1-7-21-9-18-10-3-4-12(22(13)16)19-15(10)21/h3-6,9H,1-2,7-8H2,(H,17,20,23). The fraction of sp³-hybridized carbons (Fsp3) is 0.250. The summed E-state index contributed by atoms with van der Waals surface area (Å²) < 4.78 is 9.42. The maximum atomic E-state index is 12.5. The minimum absolute atomic E-state index is 0.288. The van der Waals surface area contributed by atoms with Crippen LogP contribution in [0.5, 0.6) is 5.75 Å². The maximum Gasteiger partial charge on any atom is 0.333 e. The molecule has 0 aromatic carbocycles. The number of H-pyrrole nitrogens is 1. The molecule has 5 rings (SSSR count). The van der Waals surface area contributed by atoms with Crippen molar-refractivity contribution in [2.45, 2.75) is 19.4 Å². The van der Waals surface area contributed by atoms with Gasteiger partial charge in [0.2, 0.25) is 0 Å². The largest absolute Gasteiger partial charge is 0.491 e. The molecular weight excluding hydrogens is 308 g/mol. The number of nitrogens with zero attached hydrogens (tertiary/aromatic N) is 5. The molecule has 4 aromatic rings. The van der Waals surface area contributed by atoms with Crippen molar-refractivity contribution in [1.82, 2.24) is 29.1 Å². The summed E-state index contributed by atoms with van der Waals surface area (Å²) in [4.78, 5) is 28.5. The molecule has 1 aliphatic rings. The fourth-order valence-corrected chi connectivity index (χ4v) is 3.12. The van der Waals surface area contributed by atoms with Crippen LogP contribution < -0.4 is 10.4 Å². The van der Waals surface area contributed by atoms with Gasteiger partial charge in [-0.25, -0.2) is 24.3 Å². The molecule has 0 saturated carbocycles. The van der Waals surface area contributed by atoms with Crippen LogP contribution in [0, 0.1) is 0 Å². The van der Waals surface area contributed by atoms with Gasteiger partial charge in [-0.05, 0) is 25.0 Å². The highest BCUT2D eigenvalue weighted by Gasteiger charge is 2.17. The molecule has 0 amide bonds. The van der Waals surface area contributed by atoms with Crippen LogP contribution in [0.15, 0.2) is 35.5 Å². The minimum atomic E-state index is -0.288. The van der Waals surface area contributed by atoms with Gasteiger partial charge in [0, 0.05) is 18.8 Å². The Bertz CT molecular complexity index is 1120. The van der Waals surface area contributed by atoms with Crippen molar-refractivity contribution < 1.29 is 4.74 Å². The average Bonchev–Trinajstić information content (AvgIpc) is 3.13. The Hall–Kier alpha value is -3.16. The van der Waals surface area contributed by atoms with Crippen molar-refractivity contribution >= 4 is 22.3 Å². The highest BCUT2D eigenvalue weighted by Crippen LogP contribution is 2.25. The third-order valence-electron chi connectivity index (χ3n) is 4.27. The van der Waals surface area contributed by atoms with Crippen LogP contribution in [0.3, 0.4) is 0 Å². The van der Waals surface area contributed by atoms with Crippen LogP contribution >= 0.6 is 0 Å². The van der Waals surface area contributed by atoms with Crippen LogP contribution in [-0.2, 0) is 6.54 Å². The van der Waals surface area contributed by atoms with E-state index < -0.39 is 0 Å². The molecular formula is C16H14N6O2. The minimum Gasteiger partial charge on any atom is -0.491 e. The predicted molar refractivity (Wildman–Crippen MR) is 87.5 cm³/mol. The van der Waals surface area contributed by atoms with E-state index in [4.69, 9.17) is 4.74 Å². The van der Waals surface area contributed by atoms with E-state index >= 15 is 0 Å². The summed E-state index contributed by atoms with van der Waals surface area (Å²) in [5.74, 6) is 1.16. The summed E-state index contributed by atoms with van der Waals surface area (Å²) in [5.41, 5.74) is 2.41. The Kier molecular flexibility index (Phi) is 2.72. The number of aromatic nitrogens is 6. The molecule has 0 saturated heterocycles. The number of hydrogen-bond donors (Lipinski definition) is 1. The molecule has 0 unspecified atom stereocenters. The van der Waals surface area contributed by atoms with Crippen molar-refractivity contribution in [2.24, 2.45) is 0 Å². The molecule has 0 radical (unpaired) electrons. The summed E-state index contributed by atoms with van der Waals surface area (Å²) in [6.45, 7) is 1.40. The van der Waals surface area contributed by atoms with E-state index in [1.165, 1.54) is 4.57 Å². The molecule has 2 bridgehead atoms. The maximum absolute atomic E-state index is 12.5. The molecule has 0 atom stereocenters. The predicted octanol–water partition coefficient (Wildman–Crippen LogP) is 1.63. The first-order valence-corrected chi connectivity index (χ1v) is 7.86. The molecule has 1 N–H and O–H groups in total. The quantitative estimate of drug-likeness (QED) is 0.531. The highest BCUT2D eigenvalue weighted by atomic mass is 16.5. The molecule has 120 valence electrons. The van der Waals surface area contributed by atoms with Crippen LogP contribution in [-0.4, -0.2) is 35.7 Å². The topological polar surface area (TPSA) is 90.6 Å². The van der Waals surface area contributed by atoms with Crippen LogP contribution in [0.1, 0.15) is 12.8 Å². The smallest absolute Gasteiger partial charge is 0.333 e. The summed E-state index contributed by atoms with van der Waals surface area (Å²) >= 11 is 0. The zero-order valence-electron chi connectivity index (χ0n) is 12.8. The van der Waals surface area contributed by atoms with Crippen molar-refractivity contribution in [3.63, 3.8) is 0 Å². The molecule has 1 aliphatic heterocycles. The van der Waals surface area contributed by atoms with Gasteiger partial charge in [0.15, 0.2) is 11.3 Å². The fourth-order valence-electron chi connectivity index (χ4n) is 3.12. The number of imidazole rings is 2. The first-order chi connectivity index (χ1) is 11.8. The second-order valence-corrected chi connectivity index (χ2v) is 5.78. The van der Waals surface area contributed by atoms with Gasteiger partial charge in [0.1, 0.15) is 22.6 Å². The van der Waals surface area contributed by atoms with Crippen molar-refractivity contribution in [1.29, 1.82) is 0 Å². The first kappa shape index (κ1) is 13.3. The van der Waals surface area contributed by atoms with E-state index in [0.29, 0.717) is 29.3 Å². The Morgan fingerprint density at radius 1 is 1.17 bits per heavy atom. The van der Waals surface area contributed by atoms with Crippen molar-refractivity contribution in [3.8, 4) is 11.6 Å². The van der Waals surface area contributed by atoms with Gasteiger partial charge in [-0.1, -0.05) is 0 Å². The zero-order chi connectivity index (χ0) is 16.1. The van der Waals surface area contributed by atoms with Crippen LogP contribution in [0.25, 0.3) is 28.1 Å². The third-order valence-corrected chi connectivity index (χ3v) is 4.27. The van der Waals surface area contributed by atoms with E-state index in [2.05, 4.69) is 19.9 Å². The van der Waals surface area contributed by atoms with E-state index in [-0.39, 0.29) is 5.69 Å².